The monoisotopic (exact) mass is 257 g/mol. The van der Waals surface area contributed by atoms with Crippen LogP contribution >= 0.6 is 15.9 Å². The minimum atomic E-state index is -0.993. The van der Waals surface area contributed by atoms with Gasteiger partial charge in [0.1, 0.15) is 17.0 Å². The van der Waals surface area contributed by atoms with Crippen LogP contribution in [0.2, 0.25) is 0 Å². The molecule has 0 fully saturated rings. The van der Waals surface area contributed by atoms with Gasteiger partial charge in [-0.05, 0) is 22.9 Å². The molecule has 2 rings (SSSR count). The van der Waals surface area contributed by atoms with Gasteiger partial charge in [-0.3, -0.25) is 0 Å². The molecule has 0 saturated carbocycles. The van der Waals surface area contributed by atoms with Crippen molar-refractivity contribution in [3.05, 3.63) is 16.0 Å². The first-order chi connectivity index (χ1) is 6.52. The number of imidazole rings is 1. The molecule has 0 aromatic carbocycles. The normalized spacial score (nSPS) is 11.1. The van der Waals surface area contributed by atoms with E-state index in [1.54, 1.807) is 0 Å². The highest BCUT2D eigenvalue weighted by Gasteiger charge is 2.19. The molecule has 2 aromatic heterocycles. The van der Waals surface area contributed by atoms with Gasteiger partial charge in [0.25, 0.3) is 0 Å². The Morgan fingerprint density at radius 3 is 2.79 bits per heavy atom. The molecule has 0 aliphatic heterocycles. The summed E-state index contributed by atoms with van der Waals surface area (Å²) in [6, 6.07) is 0. The van der Waals surface area contributed by atoms with Crippen molar-refractivity contribution in [3.63, 3.8) is 0 Å². The van der Waals surface area contributed by atoms with E-state index in [4.69, 9.17) is 5.11 Å². The molecule has 0 atom stereocenters. The minimum Gasteiger partial charge on any atom is -0.477 e. The molecule has 5 nitrogen and oxygen atoms in total. The number of carboxylic acid groups (broad SMARTS) is 1. The van der Waals surface area contributed by atoms with Crippen molar-refractivity contribution in [2.24, 2.45) is 7.05 Å². The van der Waals surface area contributed by atoms with E-state index in [0.717, 1.165) is 11.3 Å². The Hall–Kier alpha value is -1.30. The van der Waals surface area contributed by atoms with E-state index in [1.807, 2.05) is 18.5 Å². The van der Waals surface area contributed by atoms with Gasteiger partial charge >= 0.3 is 5.97 Å². The van der Waals surface area contributed by atoms with Gasteiger partial charge in [0, 0.05) is 7.05 Å². The average Bonchev–Trinajstić information content (AvgIpc) is 2.54. The van der Waals surface area contributed by atoms with Gasteiger partial charge in [0.05, 0.1) is 4.47 Å². The van der Waals surface area contributed by atoms with Gasteiger partial charge in [-0.1, -0.05) is 0 Å². The fourth-order valence-electron chi connectivity index (χ4n) is 1.39. The highest BCUT2D eigenvalue weighted by atomic mass is 79.9. The number of halogens is 1. The third kappa shape index (κ3) is 1.07. The lowest BCUT2D eigenvalue weighted by atomic mass is 10.4. The van der Waals surface area contributed by atoms with Crippen LogP contribution in [0, 0.1) is 6.92 Å². The molecule has 0 spiro atoms. The Morgan fingerprint density at radius 2 is 2.29 bits per heavy atom. The van der Waals surface area contributed by atoms with Gasteiger partial charge in [-0.25, -0.2) is 9.78 Å². The fourth-order valence-corrected chi connectivity index (χ4v) is 2.11. The topological polar surface area (TPSA) is 70.9 Å². The van der Waals surface area contributed by atoms with E-state index in [0.29, 0.717) is 10.1 Å². The molecule has 0 aliphatic carbocycles. The standard InChI is InChI=1S/C8H8BrN3O2/c1-3-10-7-6(12(3)2)4(9)5(11-7)8(13)14/h11H,1-2H3,(H,13,14). The molecule has 74 valence electrons. The Kier molecular flexibility index (Phi) is 1.88. The van der Waals surface area contributed by atoms with Gasteiger partial charge in [-0.2, -0.15) is 0 Å². The zero-order valence-electron chi connectivity index (χ0n) is 7.63. The molecular formula is C8H8BrN3O2. The zero-order valence-corrected chi connectivity index (χ0v) is 9.21. The number of aromatic carboxylic acids is 1. The number of aromatic nitrogens is 3. The summed E-state index contributed by atoms with van der Waals surface area (Å²) in [5, 5.41) is 8.85. The van der Waals surface area contributed by atoms with Crippen LogP contribution in [0.15, 0.2) is 4.47 Å². The van der Waals surface area contributed by atoms with Gasteiger partial charge < -0.3 is 14.7 Å². The van der Waals surface area contributed by atoms with Crippen LogP contribution in [0.1, 0.15) is 16.3 Å². The van der Waals surface area contributed by atoms with Crippen molar-refractivity contribution in [3.8, 4) is 0 Å². The summed E-state index contributed by atoms with van der Waals surface area (Å²) in [5.74, 6) is -0.156. The van der Waals surface area contributed by atoms with Gasteiger partial charge in [0.2, 0.25) is 0 Å². The number of aryl methyl sites for hydroxylation is 2. The minimum absolute atomic E-state index is 0.137. The second kappa shape index (κ2) is 2.84. The summed E-state index contributed by atoms with van der Waals surface area (Å²) >= 11 is 3.24. The van der Waals surface area contributed by atoms with E-state index in [2.05, 4.69) is 25.9 Å². The fraction of sp³-hybridized carbons (Fsp3) is 0.250. The number of nitrogens with zero attached hydrogens (tertiary/aromatic N) is 2. The number of hydrogen-bond donors (Lipinski definition) is 2. The molecule has 0 amide bonds. The Bertz CT molecular complexity index is 526. The third-order valence-electron chi connectivity index (χ3n) is 2.20. The number of carboxylic acids is 1. The van der Waals surface area contributed by atoms with Crippen molar-refractivity contribution in [2.75, 3.05) is 0 Å². The molecule has 2 aromatic rings. The van der Waals surface area contributed by atoms with Crippen LogP contribution in [-0.4, -0.2) is 25.6 Å². The average molecular weight is 258 g/mol. The van der Waals surface area contributed by atoms with Gasteiger partial charge in [0.15, 0.2) is 5.65 Å². The number of hydrogen-bond acceptors (Lipinski definition) is 2. The van der Waals surface area contributed by atoms with E-state index in [1.165, 1.54) is 0 Å². The maximum absolute atomic E-state index is 10.8. The summed E-state index contributed by atoms with van der Waals surface area (Å²) in [5.41, 5.74) is 1.51. The highest BCUT2D eigenvalue weighted by molar-refractivity contribution is 9.10. The van der Waals surface area contributed by atoms with Crippen LogP contribution in [-0.2, 0) is 7.05 Å². The van der Waals surface area contributed by atoms with E-state index >= 15 is 0 Å². The van der Waals surface area contributed by atoms with Crippen molar-refractivity contribution in [2.45, 2.75) is 6.92 Å². The Morgan fingerprint density at radius 1 is 1.64 bits per heavy atom. The lowest BCUT2D eigenvalue weighted by molar-refractivity contribution is 0.0690. The number of rotatable bonds is 1. The number of H-pyrrole nitrogens is 1. The van der Waals surface area contributed by atoms with Crippen LogP contribution < -0.4 is 0 Å². The van der Waals surface area contributed by atoms with Crippen LogP contribution in [0.4, 0.5) is 0 Å². The van der Waals surface area contributed by atoms with Crippen LogP contribution in [0.25, 0.3) is 11.2 Å². The van der Waals surface area contributed by atoms with Crippen molar-refractivity contribution in [1.82, 2.24) is 14.5 Å². The van der Waals surface area contributed by atoms with E-state index < -0.39 is 5.97 Å². The summed E-state index contributed by atoms with van der Waals surface area (Å²) in [4.78, 5) is 17.7. The van der Waals surface area contributed by atoms with E-state index in [-0.39, 0.29) is 5.69 Å². The van der Waals surface area contributed by atoms with Crippen LogP contribution in [0.3, 0.4) is 0 Å². The smallest absolute Gasteiger partial charge is 0.353 e. The first kappa shape index (κ1) is 9.26. The number of fused-ring (bicyclic) bond motifs is 1. The zero-order chi connectivity index (χ0) is 10.5. The Labute approximate surface area is 87.9 Å². The number of aromatic amines is 1. The first-order valence-electron chi connectivity index (χ1n) is 3.96. The van der Waals surface area contributed by atoms with Crippen molar-refractivity contribution < 1.29 is 9.90 Å². The molecule has 0 radical (unpaired) electrons. The summed E-state index contributed by atoms with van der Waals surface area (Å²) < 4.78 is 2.38. The second-order valence-electron chi connectivity index (χ2n) is 3.03. The first-order valence-corrected chi connectivity index (χ1v) is 4.75. The number of carbonyl (C=O) groups is 1. The SMILES string of the molecule is Cc1nc2[nH]c(C(=O)O)c(Br)c2n1C. The molecule has 0 saturated heterocycles. The lowest BCUT2D eigenvalue weighted by Crippen LogP contribution is -1.98. The Balaban J connectivity index is 2.84. The van der Waals surface area contributed by atoms with E-state index in [9.17, 15) is 4.79 Å². The largest absolute Gasteiger partial charge is 0.477 e. The molecule has 2 N–H and O–H groups in total. The maximum Gasteiger partial charge on any atom is 0.353 e. The lowest BCUT2D eigenvalue weighted by Gasteiger charge is -1.95. The molecule has 6 heteroatoms. The molecule has 0 aliphatic rings. The molecule has 0 bridgehead atoms. The summed E-state index contributed by atoms with van der Waals surface area (Å²) in [7, 11) is 1.84. The predicted molar refractivity (Wildman–Crippen MR) is 54.5 cm³/mol. The molecule has 2 heterocycles. The predicted octanol–water partition coefficient (Wildman–Crippen LogP) is 1.67. The van der Waals surface area contributed by atoms with Crippen molar-refractivity contribution in [1.29, 1.82) is 0 Å². The summed E-state index contributed by atoms with van der Waals surface area (Å²) in [6.07, 6.45) is 0. The highest BCUT2D eigenvalue weighted by Crippen LogP contribution is 2.27. The van der Waals surface area contributed by atoms with Gasteiger partial charge in [-0.15, -0.1) is 0 Å². The third-order valence-corrected chi connectivity index (χ3v) is 2.98. The maximum atomic E-state index is 10.8. The number of nitrogens with one attached hydrogen (secondary N) is 1. The van der Waals surface area contributed by atoms with Crippen LogP contribution in [0.5, 0.6) is 0 Å². The quantitative estimate of drug-likeness (QED) is 0.817. The molecule has 14 heavy (non-hydrogen) atoms. The van der Waals surface area contributed by atoms with Crippen molar-refractivity contribution >= 4 is 33.1 Å². The second-order valence-corrected chi connectivity index (χ2v) is 3.83. The summed E-state index contributed by atoms with van der Waals surface area (Å²) in [6.45, 7) is 1.86. The molecule has 0 unspecified atom stereocenters. The molecular weight excluding hydrogens is 250 g/mol.